The number of hydrogen-bond acceptors (Lipinski definition) is 5. The molecule has 3 rings (SSSR count). The molecule has 2 amide bonds. The molecule has 0 saturated heterocycles. The van der Waals surface area contributed by atoms with E-state index in [1.165, 1.54) is 0 Å². The number of rotatable bonds is 13. The zero-order valence-corrected chi connectivity index (χ0v) is 23.4. The van der Waals surface area contributed by atoms with Crippen molar-refractivity contribution < 1.29 is 19.1 Å². The van der Waals surface area contributed by atoms with Gasteiger partial charge in [0.05, 0.1) is 20.8 Å². The van der Waals surface area contributed by atoms with Gasteiger partial charge in [-0.05, 0) is 66.2 Å². The van der Waals surface area contributed by atoms with Crippen molar-refractivity contribution in [2.24, 2.45) is 0 Å². The Kier molecular flexibility index (Phi) is 10.8. The number of hydrogen-bond donors (Lipinski definition) is 0. The van der Waals surface area contributed by atoms with Crippen LogP contribution in [0.4, 0.5) is 0 Å². The van der Waals surface area contributed by atoms with Crippen molar-refractivity contribution in [1.82, 2.24) is 9.80 Å². The molecule has 0 unspecified atom stereocenters. The Morgan fingerprint density at radius 1 is 0.944 bits per heavy atom. The van der Waals surface area contributed by atoms with Crippen molar-refractivity contribution in [3.63, 3.8) is 0 Å². The molecule has 0 aliphatic heterocycles. The second-order valence-corrected chi connectivity index (χ2v) is 10.4. The quantitative estimate of drug-likeness (QED) is 0.250. The highest BCUT2D eigenvalue weighted by Crippen LogP contribution is 2.28. The van der Waals surface area contributed by atoms with E-state index in [0.29, 0.717) is 43.1 Å². The van der Waals surface area contributed by atoms with Gasteiger partial charge in [0, 0.05) is 28.0 Å². The van der Waals surface area contributed by atoms with Crippen LogP contribution in [0, 0.1) is 0 Å². The monoisotopic (exact) mass is 572 g/mol. The SMILES string of the molecule is CCCCN(CC(=O)N(CCc1ccc(OC)c(OC)c1)Cc1cccs1)C(=O)c1ccc(Br)cc1. The third-order valence-electron chi connectivity index (χ3n) is 5.88. The summed E-state index contributed by atoms with van der Waals surface area (Å²) < 4.78 is 11.7. The second kappa shape index (κ2) is 14.0. The number of carbonyl (C=O) groups excluding carboxylic acids is 2. The maximum Gasteiger partial charge on any atom is 0.254 e. The fourth-order valence-corrected chi connectivity index (χ4v) is 4.81. The van der Waals surface area contributed by atoms with E-state index in [4.69, 9.17) is 9.47 Å². The Morgan fingerprint density at radius 3 is 2.33 bits per heavy atom. The highest BCUT2D eigenvalue weighted by molar-refractivity contribution is 9.10. The minimum absolute atomic E-state index is 0.0478. The molecule has 1 aromatic heterocycles. The minimum atomic E-state index is -0.125. The summed E-state index contributed by atoms with van der Waals surface area (Å²) in [5.74, 6) is 1.15. The lowest BCUT2D eigenvalue weighted by Gasteiger charge is -2.28. The van der Waals surface area contributed by atoms with Crippen molar-refractivity contribution in [3.05, 3.63) is 80.5 Å². The van der Waals surface area contributed by atoms with E-state index in [0.717, 1.165) is 27.8 Å². The van der Waals surface area contributed by atoms with Crippen molar-refractivity contribution in [3.8, 4) is 11.5 Å². The Morgan fingerprint density at radius 2 is 1.69 bits per heavy atom. The summed E-state index contributed by atoms with van der Waals surface area (Å²) in [5, 5.41) is 2.01. The fourth-order valence-electron chi connectivity index (χ4n) is 3.82. The summed E-state index contributed by atoms with van der Waals surface area (Å²) in [6.07, 6.45) is 2.44. The van der Waals surface area contributed by atoms with E-state index in [1.807, 2.05) is 52.7 Å². The van der Waals surface area contributed by atoms with Crippen LogP contribution in [0.15, 0.2) is 64.5 Å². The number of nitrogens with zero attached hydrogens (tertiary/aromatic N) is 2. The molecular formula is C28H33BrN2O4S. The van der Waals surface area contributed by atoms with Gasteiger partial charge in [0.25, 0.3) is 5.91 Å². The molecule has 3 aromatic rings. The first kappa shape index (κ1) is 27.7. The molecule has 0 N–H and O–H groups in total. The van der Waals surface area contributed by atoms with Crippen LogP contribution in [-0.4, -0.2) is 55.5 Å². The van der Waals surface area contributed by atoms with E-state index in [-0.39, 0.29) is 18.4 Å². The van der Waals surface area contributed by atoms with Crippen LogP contribution < -0.4 is 9.47 Å². The summed E-state index contributed by atoms with van der Waals surface area (Å²) in [4.78, 5) is 31.4. The lowest BCUT2D eigenvalue weighted by molar-refractivity contribution is -0.132. The van der Waals surface area contributed by atoms with E-state index in [1.54, 1.807) is 42.6 Å². The average molecular weight is 574 g/mol. The number of halogens is 1. The van der Waals surface area contributed by atoms with E-state index in [2.05, 4.69) is 22.9 Å². The van der Waals surface area contributed by atoms with E-state index in [9.17, 15) is 9.59 Å². The van der Waals surface area contributed by atoms with Gasteiger partial charge in [-0.3, -0.25) is 9.59 Å². The lowest BCUT2D eigenvalue weighted by atomic mass is 10.1. The fraction of sp³-hybridized carbons (Fsp3) is 0.357. The van der Waals surface area contributed by atoms with Gasteiger partial charge in [0.1, 0.15) is 6.54 Å². The van der Waals surface area contributed by atoms with Gasteiger partial charge < -0.3 is 19.3 Å². The molecule has 0 radical (unpaired) electrons. The smallest absolute Gasteiger partial charge is 0.254 e. The molecule has 0 bridgehead atoms. The lowest BCUT2D eigenvalue weighted by Crippen LogP contribution is -2.43. The number of unbranched alkanes of at least 4 members (excludes halogenated alkanes) is 1. The zero-order valence-electron chi connectivity index (χ0n) is 21.0. The van der Waals surface area contributed by atoms with Gasteiger partial charge in [0.15, 0.2) is 11.5 Å². The summed E-state index contributed by atoms with van der Waals surface area (Å²) >= 11 is 5.04. The third-order valence-corrected chi connectivity index (χ3v) is 7.27. The van der Waals surface area contributed by atoms with Gasteiger partial charge in [0.2, 0.25) is 5.91 Å². The molecule has 0 saturated carbocycles. The summed E-state index contributed by atoms with van der Waals surface area (Å²) in [6.45, 7) is 3.71. The Hall–Kier alpha value is -2.84. The first-order valence-corrected chi connectivity index (χ1v) is 13.7. The molecule has 2 aromatic carbocycles. The second-order valence-electron chi connectivity index (χ2n) is 8.42. The number of carbonyl (C=O) groups is 2. The van der Waals surface area contributed by atoms with Crippen LogP contribution in [-0.2, 0) is 17.8 Å². The zero-order chi connectivity index (χ0) is 25.9. The van der Waals surface area contributed by atoms with Gasteiger partial charge >= 0.3 is 0 Å². The van der Waals surface area contributed by atoms with Gasteiger partial charge in [-0.1, -0.05) is 41.4 Å². The number of methoxy groups -OCH3 is 2. The van der Waals surface area contributed by atoms with Crippen molar-refractivity contribution in [2.45, 2.75) is 32.7 Å². The maximum atomic E-state index is 13.6. The normalized spacial score (nSPS) is 10.7. The van der Waals surface area contributed by atoms with Crippen LogP contribution >= 0.6 is 27.3 Å². The topological polar surface area (TPSA) is 59.1 Å². The number of benzene rings is 2. The molecule has 192 valence electrons. The Balaban J connectivity index is 1.76. The first-order chi connectivity index (χ1) is 17.4. The van der Waals surface area contributed by atoms with Crippen molar-refractivity contribution in [1.29, 1.82) is 0 Å². The third kappa shape index (κ3) is 7.83. The summed E-state index contributed by atoms with van der Waals surface area (Å²) in [6, 6.07) is 17.1. The highest BCUT2D eigenvalue weighted by atomic mass is 79.9. The van der Waals surface area contributed by atoms with E-state index >= 15 is 0 Å². The van der Waals surface area contributed by atoms with Crippen LogP contribution in [0.1, 0.15) is 40.6 Å². The van der Waals surface area contributed by atoms with E-state index < -0.39 is 0 Å². The molecule has 0 atom stereocenters. The number of thiophene rings is 1. The van der Waals surface area contributed by atoms with Gasteiger partial charge in [-0.15, -0.1) is 11.3 Å². The molecule has 6 nitrogen and oxygen atoms in total. The van der Waals surface area contributed by atoms with Crippen LogP contribution in [0.2, 0.25) is 0 Å². The molecular weight excluding hydrogens is 540 g/mol. The summed E-state index contributed by atoms with van der Waals surface area (Å²) in [7, 11) is 3.22. The predicted molar refractivity (Wildman–Crippen MR) is 148 cm³/mol. The number of ether oxygens (including phenoxy) is 2. The maximum absolute atomic E-state index is 13.6. The minimum Gasteiger partial charge on any atom is -0.493 e. The molecule has 0 aliphatic rings. The van der Waals surface area contributed by atoms with Crippen molar-refractivity contribution >= 4 is 39.1 Å². The summed E-state index contributed by atoms with van der Waals surface area (Å²) in [5.41, 5.74) is 1.63. The van der Waals surface area contributed by atoms with Crippen LogP contribution in [0.5, 0.6) is 11.5 Å². The molecule has 0 spiro atoms. The molecule has 36 heavy (non-hydrogen) atoms. The first-order valence-electron chi connectivity index (χ1n) is 12.0. The molecule has 0 fully saturated rings. The largest absolute Gasteiger partial charge is 0.493 e. The highest BCUT2D eigenvalue weighted by Gasteiger charge is 2.23. The molecule has 0 aliphatic carbocycles. The van der Waals surface area contributed by atoms with Gasteiger partial charge in [-0.25, -0.2) is 0 Å². The standard InChI is InChI=1S/C28H33BrN2O4S/c1-4-5-15-31(28(33)22-9-11-23(29)12-10-22)20-27(32)30(19-24-7-6-17-36-24)16-14-21-8-13-25(34-2)26(18-21)35-3/h6-13,17-18H,4-5,14-16,19-20H2,1-3H3. The Bertz CT molecular complexity index is 1120. The van der Waals surface area contributed by atoms with Gasteiger partial charge in [-0.2, -0.15) is 0 Å². The predicted octanol–water partition coefficient (Wildman–Crippen LogP) is 6.04. The molecule has 8 heteroatoms. The van der Waals surface area contributed by atoms with Crippen LogP contribution in [0.25, 0.3) is 0 Å². The van der Waals surface area contributed by atoms with Crippen molar-refractivity contribution in [2.75, 3.05) is 33.9 Å². The molecule has 1 heterocycles. The Labute approximate surface area is 226 Å². The average Bonchev–Trinajstić information content (AvgIpc) is 3.41. The van der Waals surface area contributed by atoms with Crippen LogP contribution in [0.3, 0.4) is 0 Å². The number of amides is 2.